The Bertz CT molecular complexity index is 579. The topological polar surface area (TPSA) is 50.7 Å². The number of methoxy groups -OCH3 is 1. The highest BCUT2D eigenvalue weighted by Crippen LogP contribution is 2.16. The van der Waals surface area contributed by atoms with Crippen LogP contribution in [0.1, 0.15) is 23.5 Å². The van der Waals surface area contributed by atoms with Crippen molar-refractivity contribution in [3.05, 3.63) is 58.3 Å². The standard InChI is InChI=1S/C15H16N2O2S/c1-11(13-9-6-10-20-13)16-17-15(18)14(19-2)12-7-4-3-5-8-12/h3-10,14H,1-2H3,(H,17,18)/b16-11-/t14-/m1/s1. The second kappa shape index (κ2) is 6.98. The molecule has 0 aliphatic carbocycles. The predicted molar refractivity (Wildman–Crippen MR) is 80.9 cm³/mol. The second-order valence-corrected chi connectivity index (χ2v) is 5.12. The molecule has 1 amide bonds. The summed E-state index contributed by atoms with van der Waals surface area (Å²) in [7, 11) is 1.51. The molecule has 2 rings (SSSR count). The van der Waals surface area contributed by atoms with Crippen molar-refractivity contribution < 1.29 is 9.53 Å². The molecule has 0 aliphatic heterocycles. The van der Waals surface area contributed by atoms with Gasteiger partial charge in [0.25, 0.3) is 5.91 Å². The first kappa shape index (κ1) is 14.4. The second-order valence-electron chi connectivity index (χ2n) is 4.18. The van der Waals surface area contributed by atoms with Gasteiger partial charge >= 0.3 is 0 Å². The fourth-order valence-electron chi connectivity index (χ4n) is 1.76. The molecule has 20 heavy (non-hydrogen) atoms. The number of carbonyl (C=O) groups is 1. The number of ether oxygens (including phenoxy) is 1. The van der Waals surface area contributed by atoms with Gasteiger partial charge in [-0.3, -0.25) is 4.79 Å². The van der Waals surface area contributed by atoms with E-state index in [4.69, 9.17) is 4.74 Å². The number of benzene rings is 1. The van der Waals surface area contributed by atoms with E-state index in [1.165, 1.54) is 7.11 Å². The SMILES string of the molecule is CO[C@@H](C(=O)N/N=C(/C)c1cccs1)c1ccccc1. The number of hydrogen-bond acceptors (Lipinski definition) is 4. The first-order chi connectivity index (χ1) is 9.72. The average Bonchev–Trinajstić information content (AvgIpc) is 3.01. The van der Waals surface area contributed by atoms with Crippen LogP contribution in [-0.2, 0) is 9.53 Å². The van der Waals surface area contributed by atoms with Crippen molar-refractivity contribution in [3.8, 4) is 0 Å². The van der Waals surface area contributed by atoms with E-state index in [-0.39, 0.29) is 5.91 Å². The van der Waals surface area contributed by atoms with Gasteiger partial charge in [0, 0.05) is 12.0 Å². The van der Waals surface area contributed by atoms with Crippen LogP contribution in [0.4, 0.5) is 0 Å². The van der Waals surface area contributed by atoms with Crippen LogP contribution >= 0.6 is 11.3 Å². The fraction of sp³-hybridized carbons (Fsp3) is 0.200. The summed E-state index contributed by atoms with van der Waals surface area (Å²) >= 11 is 1.58. The third-order valence-electron chi connectivity index (χ3n) is 2.79. The zero-order valence-corrected chi connectivity index (χ0v) is 12.2. The molecule has 1 atom stereocenters. The molecule has 0 saturated heterocycles. The molecule has 1 aromatic heterocycles. The Morgan fingerprint density at radius 1 is 1.25 bits per heavy atom. The largest absolute Gasteiger partial charge is 0.367 e. The van der Waals surface area contributed by atoms with Crippen LogP contribution in [0.3, 0.4) is 0 Å². The molecule has 0 fully saturated rings. The predicted octanol–water partition coefficient (Wildman–Crippen LogP) is 2.98. The van der Waals surface area contributed by atoms with E-state index in [1.54, 1.807) is 11.3 Å². The summed E-state index contributed by atoms with van der Waals surface area (Å²) in [5.41, 5.74) is 4.13. The number of amides is 1. The van der Waals surface area contributed by atoms with Crippen LogP contribution in [-0.4, -0.2) is 18.7 Å². The third-order valence-corrected chi connectivity index (χ3v) is 3.77. The number of nitrogens with one attached hydrogen (secondary N) is 1. The van der Waals surface area contributed by atoms with Gasteiger partial charge in [0.15, 0.2) is 6.10 Å². The van der Waals surface area contributed by atoms with Crippen molar-refractivity contribution in [3.63, 3.8) is 0 Å². The van der Waals surface area contributed by atoms with Crippen LogP contribution in [0, 0.1) is 0 Å². The van der Waals surface area contributed by atoms with Crippen LogP contribution < -0.4 is 5.43 Å². The van der Waals surface area contributed by atoms with Crippen molar-refractivity contribution in [1.29, 1.82) is 0 Å². The van der Waals surface area contributed by atoms with Gasteiger partial charge in [0.05, 0.1) is 5.71 Å². The van der Waals surface area contributed by atoms with E-state index >= 15 is 0 Å². The van der Waals surface area contributed by atoms with Gasteiger partial charge in [-0.2, -0.15) is 5.10 Å². The number of nitrogens with zero attached hydrogens (tertiary/aromatic N) is 1. The molecule has 1 N–H and O–H groups in total. The lowest BCUT2D eigenvalue weighted by Gasteiger charge is -2.13. The molecule has 2 aromatic rings. The summed E-state index contributed by atoms with van der Waals surface area (Å²) in [4.78, 5) is 13.1. The smallest absolute Gasteiger partial charge is 0.273 e. The summed E-state index contributed by atoms with van der Waals surface area (Å²) in [6, 6.07) is 13.2. The number of hydrazone groups is 1. The molecular formula is C15H16N2O2S. The van der Waals surface area contributed by atoms with Crippen LogP contribution in [0.2, 0.25) is 0 Å². The molecule has 0 unspecified atom stereocenters. The van der Waals surface area contributed by atoms with Gasteiger partial charge < -0.3 is 4.74 Å². The Hall–Kier alpha value is -1.98. The Labute approximate surface area is 122 Å². The summed E-state index contributed by atoms with van der Waals surface area (Å²) in [6.07, 6.45) is -0.656. The normalized spacial score (nSPS) is 13.0. The molecule has 1 heterocycles. The maximum Gasteiger partial charge on any atom is 0.273 e. The Morgan fingerprint density at radius 3 is 2.60 bits per heavy atom. The van der Waals surface area contributed by atoms with E-state index < -0.39 is 6.10 Å². The van der Waals surface area contributed by atoms with E-state index in [1.807, 2.05) is 54.8 Å². The van der Waals surface area contributed by atoms with Crippen LogP contribution in [0.25, 0.3) is 0 Å². The molecule has 1 aromatic carbocycles. The molecular weight excluding hydrogens is 272 g/mol. The lowest BCUT2D eigenvalue weighted by molar-refractivity contribution is -0.131. The molecule has 0 aliphatic rings. The monoisotopic (exact) mass is 288 g/mol. The molecule has 4 nitrogen and oxygen atoms in total. The molecule has 0 spiro atoms. The van der Waals surface area contributed by atoms with Crippen molar-refractivity contribution in [2.45, 2.75) is 13.0 Å². The molecule has 104 valence electrons. The van der Waals surface area contributed by atoms with Gasteiger partial charge in [-0.05, 0) is 23.9 Å². The van der Waals surface area contributed by atoms with Crippen molar-refractivity contribution in [1.82, 2.24) is 5.43 Å². The highest BCUT2D eigenvalue weighted by molar-refractivity contribution is 7.12. The van der Waals surface area contributed by atoms with E-state index in [9.17, 15) is 4.79 Å². The summed E-state index contributed by atoms with van der Waals surface area (Å²) in [5.74, 6) is -0.283. The molecule has 0 saturated carbocycles. The minimum atomic E-state index is -0.656. The first-order valence-electron chi connectivity index (χ1n) is 6.18. The first-order valence-corrected chi connectivity index (χ1v) is 7.06. The highest BCUT2D eigenvalue weighted by atomic mass is 32.1. The van der Waals surface area contributed by atoms with Crippen LogP contribution in [0.5, 0.6) is 0 Å². The van der Waals surface area contributed by atoms with Crippen LogP contribution in [0.15, 0.2) is 52.9 Å². The van der Waals surface area contributed by atoms with E-state index in [0.29, 0.717) is 0 Å². The van der Waals surface area contributed by atoms with E-state index in [0.717, 1.165) is 16.2 Å². The van der Waals surface area contributed by atoms with Gasteiger partial charge in [0.2, 0.25) is 0 Å². The Balaban J connectivity index is 2.05. The minimum absolute atomic E-state index is 0.283. The summed E-state index contributed by atoms with van der Waals surface area (Å²) in [5, 5.41) is 6.08. The number of rotatable bonds is 5. The Morgan fingerprint density at radius 2 is 2.00 bits per heavy atom. The molecule has 0 radical (unpaired) electrons. The van der Waals surface area contributed by atoms with Gasteiger partial charge in [-0.1, -0.05) is 36.4 Å². The lowest BCUT2D eigenvalue weighted by atomic mass is 10.1. The fourth-order valence-corrected chi connectivity index (χ4v) is 2.44. The van der Waals surface area contributed by atoms with Crippen molar-refractivity contribution in [2.24, 2.45) is 5.10 Å². The van der Waals surface area contributed by atoms with Crippen molar-refractivity contribution >= 4 is 23.0 Å². The molecule has 5 heteroatoms. The molecule has 0 bridgehead atoms. The maximum absolute atomic E-state index is 12.1. The van der Waals surface area contributed by atoms with E-state index in [2.05, 4.69) is 10.5 Å². The maximum atomic E-state index is 12.1. The van der Waals surface area contributed by atoms with Gasteiger partial charge in [0.1, 0.15) is 0 Å². The third kappa shape index (κ3) is 3.53. The Kier molecular flexibility index (Phi) is 5.03. The van der Waals surface area contributed by atoms with Gasteiger partial charge in [-0.25, -0.2) is 5.43 Å². The number of thiophene rings is 1. The minimum Gasteiger partial charge on any atom is -0.367 e. The highest BCUT2D eigenvalue weighted by Gasteiger charge is 2.19. The zero-order chi connectivity index (χ0) is 14.4. The average molecular weight is 288 g/mol. The quantitative estimate of drug-likeness (QED) is 0.679. The van der Waals surface area contributed by atoms with Crippen molar-refractivity contribution in [2.75, 3.05) is 7.11 Å². The zero-order valence-electron chi connectivity index (χ0n) is 11.4. The number of carbonyl (C=O) groups excluding carboxylic acids is 1. The lowest BCUT2D eigenvalue weighted by Crippen LogP contribution is -2.27. The summed E-state index contributed by atoms with van der Waals surface area (Å²) < 4.78 is 5.24. The summed E-state index contributed by atoms with van der Waals surface area (Å²) in [6.45, 7) is 1.86. The number of hydrogen-bond donors (Lipinski definition) is 1. The van der Waals surface area contributed by atoms with Gasteiger partial charge in [-0.15, -0.1) is 11.3 Å².